The number of amides is 1. The van der Waals surface area contributed by atoms with Gasteiger partial charge in [0.1, 0.15) is 16.5 Å². The number of nitro groups is 1. The summed E-state index contributed by atoms with van der Waals surface area (Å²) in [5.74, 6) is 0.601. The van der Waals surface area contributed by atoms with Crippen molar-refractivity contribution in [3.05, 3.63) is 86.0 Å². The van der Waals surface area contributed by atoms with Crippen LogP contribution in [0.25, 0.3) is 17.4 Å². The number of rotatable bonds is 4. The fraction of sp³-hybridized carbons (Fsp3) is 0.0476. The molecule has 1 aliphatic rings. The van der Waals surface area contributed by atoms with E-state index in [1.54, 1.807) is 24.3 Å². The Morgan fingerprint density at radius 1 is 1.20 bits per heavy atom. The predicted octanol–water partition coefficient (Wildman–Crippen LogP) is 5.71. The lowest BCUT2D eigenvalue weighted by Crippen LogP contribution is -2.19. The Morgan fingerprint density at radius 2 is 2.00 bits per heavy atom. The highest BCUT2D eigenvalue weighted by Crippen LogP contribution is 2.33. The molecule has 1 aliphatic heterocycles. The summed E-state index contributed by atoms with van der Waals surface area (Å²) in [4.78, 5) is 27.7. The normalized spacial score (nSPS) is 16.3. The number of nitro benzene ring substituents is 1. The van der Waals surface area contributed by atoms with E-state index in [9.17, 15) is 14.9 Å². The SMILES string of the molecule is Cc1ccccc1N=C1NC(=O)/C(=C/c2ccc(-c3ccc(Cl)c([N+](=O)[O-])c3)o2)S1. The van der Waals surface area contributed by atoms with Gasteiger partial charge in [-0.15, -0.1) is 0 Å². The Kier molecular flexibility index (Phi) is 5.43. The molecule has 1 saturated heterocycles. The summed E-state index contributed by atoms with van der Waals surface area (Å²) in [5, 5.41) is 14.4. The fourth-order valence-electron chi connectivity index (χ4n) is 2.80. The molecule has 1 amide bonds. The number of para-hydroxylation sites is 1. The van der Waals surface area contributed by atoms with Gasteiger partial charge in [-0.1, -0.05) is 29.8 Å². The van der Waals surface area contributed by atoms with Gasteiger partial charge in [0.15, 0.2) is 5.17 Å². The first kappa shape index (κ1) is 19.9. The molecule has 1 aromatic heterocycles. The third-order valence-corrected chi connectivity index (χ3v) is 5.55. The van der Waals surface area contributed by atoms with E-state index in [4.69, 9.17) is 16.0 Å². The van der Waals surface area contributed by atoms with E-state index in [2.05, 4.69) is 10.3 Å². The van der Waals surface area contributed by atoms with Gasteiger partial charge >= 0.3 is 0 Å². The Balaban J connectivity index is 1.57. The molecule has 4 rings (SSSR count). The predicted molar refractivity (Wildman–Crippen MR) is 118 cm³/mol. The van der Waals surface area contributed by atoms with Crippen molar-refractivity contribution in [3.8, 4) is 11.3 Å². The molecule has 2 heterocycles. The van der Waals surface area contributed by atoms with Gasteiger partial charge in [-0.25, -0.2) is 4.99 Å². The molecule has 0 saturated carbocycles. The summed E-state index contributed by atoms with van der Waals surface area (Å²) in [6.45, 7) is 1.95. The second-order valence-corrected chi connectivity index (χ2v) is 7.83. The smallest absolute Gasteiger partial charge is 0.288 e. The zero-order valence-electron chi connectivity index (χ0n) is 15.6. The molecular weight excluding hydrogens is 426 g/mol. The quantitative estimate of drug-likeness (QED) is 0.319. The lowest BCUT2D eigenvalue weighted by Gasteiger charge is -1.99. The number of nitrogens with zero attached hydrogens (tertiary/aromatic N) is 2. The first-order valence-electron chi connectivity index (χ1n) is 8.80. The van der Waals surface area contributed by atoms with E-state index in [1.807, 2.05) is 31.2 Å². The van der Waals surface area contributed by atoms with Crippen LogP contribution in [0.15, 0.2) is 68.9 Å². The molecule has 1 N–H and O–H groups in total. The topological polar surface area (TPSA) is 97.7 Å². The number of aryl methyl sites for hydroxylation is 1. The van der Waals surface area contributed by atoms with Crippen molar-refractivity contribution in [2.45, 2.75) is 6.92 Å². The number of hydrogen-bond donors (Lipinski definition) is 1. The number of nitrogens with one attached hydrogen (secondary N) is 1. The molecule has 7 nitrogen and oxygen atoms in total. The number of hydrogen-bond acceptors (Lipinski definition) is 6. The number of halogens is 1. The summed E-state index contributed by atoms with van der Waals surface area (Å²) in [5.41, 5.74) is 2.10. The highest BCUT2D eigenvalue weighted by Gasteiger charge is 2.24. The molecule has 0 atom stereocenters. The van der Waals surface area contributed by atoms with Gasteiger partial charge in [0, 0.05) is 17.7 Å². The van der Waals surface area contributed by atoms with E-state index in [1.165, 1.54) is 23.9 Å². The monoisotopic (exact) mass is 439 g/mol. The van der Waals surface area contributed by atoms with Crippen molar-refractivity contribution < 1.29 is 14.1 Å². The minimum Gasteiger partial charge on any atom is -0.457 e. The first-order chi connectivity index (χ1) is 14.4. The molecular formula is C21H14ClN3O4S. The first-order valence-corrected chi connectivity index (χ1v) is 9.99. The second kappa shape index (κ2) is 8.17. The molecule has 150 valence electrons. The molecule has 2 aromatic carbocycles. The highest BCUT2D eigenvalue weighted by molar-refractivity contribution is 8.18. The number of amidine groups is 1. The van der Waals surface area contributed by atoms with Crippen LogP contribution in [0.1, 0.15) is 11.3 Å². The van der Waals surface area contributed by atoms with Crippen LogP contribution in [0.4, 0.5) is 11.4 Å². The number of aliphatic imine (C=N–C) groups is 1. The third kappa shape index (κ3) is 4.14. The molecule has 0 aliphatic carbocycles. The van der Waals surface area contributed by atoms with Crippen LogP contribution in [-0.4, -0.2) is 16.0 Å². The van der Waals surface area contributed by atoms with Crippen LogP contribution < -0.4 is 5.32 Å². The Labute approximate surface area is 180 Å². The van der Waals surface area contributed by atoms with Crippen molar-refractivity contribution in [1.29, 1.82) is 0 Å². The molecule has 9 heteroatoms. The number of furan rings is 1. The van der Waals surface area contributed by atoms with Gasteiger partial charge in [0.25, 0.3) is 11.6 Å². The Morgan fingerprint density at radius 3 is 2.77 bits per heavy atom. The molecule has 0 unspecified atom stereocenters. The van der Waals surface area contributed by atoms with Crippen LogP contribution in [-0.2, 0) is 4.79 Å². The molecule has 0 bridgehead atoms. The Hall–Kier alpha value is -3.36. The average Bonchev–Trinajstić information content (AvgIpc) is 3.31. The van der Waals surface area contributed by atoms with E-state index in [-0.39, 0.29) is 16.6 Å². The van der Waals surface area contributed by atoms with E-state index < -0.39 is 4.92 Å². The third-order valence-electron chi connectivity index (χ3n) is 4.32. The summed E-state index contributed by atoms with van der Waals surface area (Å²) in [6, 6.07) is 15.4. The summed E-state index contributed by atoms with van der Waals surface area (Å²) in [7, 11) is 0. The lowest BCUT2D eigenvalue weighted by molar-refractivity contribution is -0.384. The molecule has 0 radical (unpaired) electrons. The van der Waals surface area contributed by atoms with E-state index >= 15 is 0 Å². The van der Waals surface area contributed by atoms with Gasteiger partial charge in [0.05, 0.1) is 15.5 Å². The molecule has 30 heavy (non-hydrogen) atoms. The summed E-state index contributed by atoms with van der Waals surface area (Å²) in [6.07, 6.45) is 1.61. The number of benzene rings is 2. The highest BCUT2D eigenvalue weighted by atomic mass is 35.5. The largest absolute Gasteiger partial charge is 0.457 e. The standard InChI is InChI=1S/C21H14ClN3O4S/c1-12-4-2-3-5-16(12)23-21-24-20(26)19(30-21)11-14-7-9-18(29-14)13-6-8-15(22)17(10-13)25(27)28/h2-11H,1H3,(H,23,24,26)/b19-11-. The van der Waals surface area contributed by atoms with Crippen molar-refractivity contribution in [2.75, 3.05) is 0 Å². The van der Waals surface area contributed by atoms with E-state index in [0.29, 0.717) is 27.2 Å². The minimum absolute atomic E-state index is 0.0529. The lowest BCUT2D eigenvalue weighted by atomic mass is 10.1. The van der Waals surface area contributed by atoms with Crippen LogP contribution in [0, 0.1) is 17.0 Å². The van der Waals surface area contributed by atoms with Gasteiger partial charge < -0.3 is 9.73 Å². The maximum absolute atomic E-state index is 12.3. The van der Waals surface area contributed by atoms with Gasteiger partial charge in [0.2, 0.25) is 0 Å². The van der Waals surface area contributed by atoms with Gasteiger partial charge in [-0.3, -0.25) is 14.9 Å². The maximum Gasteiger partial charge on any atom is 0.288 e. The minimum atomic E-state index is -0.549. The summed E-state index contributed by atoms with van der Waals surface area (Å²) >= 11 is 7.07. The van der Waals surface area contributed by atoms with Crippen molar-refractivity contribution in [2.24, 2.45) is 4.99 Å². The van der Waals surface area contributed by atoms with Crippen LogP contribution in [0.3, 0.4) is 0 Å². The number of carbonyl (C=O) groups excluding carboxylic acids is 1. The van der Waals surface area contributed by atoms with Crippen LogP contribution in [0.2, 0.25) is 5.02 Å². The fourth-order valence-corrected chi connectivity index (χ4v) is 3.80. The van der Waals surface area contributed by atoms with Crippen molar-refractivity contribution >= 4 is 51.9 Å². The van der Waals surface area contributed by atoms with Gasteiger partial charge in [-0.05, 0) is 54.6 Å². The van der Waals surface area contributed by atoms with E-state index in [0.717, 1.165) is 11.3 Å². The molecule has 0 spiro atoms. The summed E-state index contributed by atoms with van der Waals surface area (Å²) < 4.78 is 5.75. The van der Waals surface area contributed by atoms with Gasteiger partial charge in [-0.2, -0.15) is 0 Å². The Bertz CT molecular complexity index is 1230. The van der Waals surface area contributed by atoms with Crippen LogP contribution in [0.5, 0.6) is 0 Å². The average molecular weight is 440 g/mol. The number of thioether (sulfide) groups is 1. The zero-order chi connectivity index (χ0) is 21.3. The van der Waals surface area contributed by atoms with Crippen LogP contribution >= 0.6 is 23.4 Å². The number of carbonyl (C=O) groups is 1. The molecule has 3 aromatic rings. The second-order valence-electron chi connectivity index (χ2n) is 6.39. The van der Waals surface area contributed by atoms with Crippen molar-refractivity contribution in [3.63, 3.8) is 0 Å². The van der Waals surface area contributed by atoms with Crippen molar-refractivity contribution in [1.82, 2.24) is 5.32 Å². The molecule has 1 fully saturated rings. The zero-order valence-corrected chi connectivity index (χ0v) is 17.2. The maximum atomic E-state index is 12.3.